The van der Waals surface area contributed by atoms with Crippen molar-refractivity contribution in [2.75, 3.05) is 30.5 Å². The molecular formula is C22H28N2O6S. The number of carbonyl (C=O) groups is 1. The first-order valence-corrected chi connectivity index (χ1v) is 11.9. The lowest BCUT2D eigenvalue weighted by Gasteiger charge is -2.22. The number of anilines is 1. The molecule has 0 saturated heterocycles. The van der Waals surface area contributed by atoms with E-state index in [0.717, 1.165) is 17.6 Å². The van der Waals surface area contributed by atoms with Crippen molar-refractivity contribution in [3.8, 4) is 17.2 Å². The van der Waals surface area contributed by atoms with Gasteiger partial charge < -0.3 is 19.5 Å². The van der Waals surface area contributed by atoms with Crippen LogP contribution in [-0.4, -0.2) is 46.6 Å². The highest BCUT2D eigenvalue weighted by Gasteiger charge is 2.21. The lowest BCUT2D eigenvalue weighted by molar-refractivity contribution is -0.121. The van der Waals surface area contributed by atoms with Crippen LogP contribution in [0.3, 0.4) is 0 Å². The van der Waals surface area contributed by atoms with Gasteiger partial charge in [0.05, 0.1) is 18.0 Å². The molecule has 3 rings (SSSR count). The van der Waals surface area contributed by atoms with Crippen molar-refractivity contribution in [2.45, 2.75) is 32.7 Å². The standard InChI is InChI=1S/C22H28N2O6S/c1-16-6-9-19(10-7-16)28-14-17(2)23-22(25)5-4-12-24(31(3,26)27)18-8-11-20-21(13-18)30-15-29-20/h6-11,13,17H,4-5,12,14-15H2,1-3H3,(H,23,25). The molecule has 1 aliphatic heterocycles. The van der Waals surface area contributed by atoms with Crippen LogP contribution in [0, 0.1) is 6.92 Å². The molecule has 0 saturated carbocycles. The normalized spacial score (nSPS) is 13.5. The van der Waals surface area contributed by atoms with Gasteiger partial charge in [-0.15, -0.1) is 0 Å². The number of fused-ring (bicyclic) bond motifs is 1. The van der Waals surface area contributed by atoms with E-state index < -0.39 is 10.0 Å². The second kappa shape index (κ2) is 9.91. The van der Waals surface area contributed by atoms with E-state index in [4.69, 9.17) is 14.2 Å². The summed E-state index contributed by atoms with van der Waals surface area (Å²) in [6, 6.07) is 12.5. The molecule has 0 aromatic heterocycles. The molecular weight excluding hydrogens is 420 g/mol. The fourth-order valence-corrected chi connectivity index (χ4v) is 4.11. The molecule has 0 aliphatic carbocycles. The smallest absolute Gasteiger partial charge is 0.232 e. The number of nitrogens with zero attached hydrogens (tertiary/aromatic N) is 1. The lowest BCUT2D eigenvalue weighted by Crippen LogP contribution is -2.37. The molecule has 0 spiro atoms. The van der Waals surface area contributed by atoms with Gasteiger partial charge in [0, 0.05) is 19.0 Å². The van der Waals surface area contributed by atoms with Crippen molar-refractivity contribution in [3.63, 3.8) is 0 Å². The van der Waals surface area contributed by atoms with Gasteiger partial charge in [-0.05, 0) is 44.5 Å². The van der Waals surface area contributed by atoms with Crippen molar-refractivity contribution in [1.82, 2.24) is 5.32 Å². The summed E-state index contributed by atoms with van der Waals surface area (Å²) in [7, 11) is -3.51. The molecule has 1 atom stereocenters. The van der Waals surface area contributed by atoms with Crippen molar-refractivity contribution in [1.29, 1.82) is 0 Å². The van der Waals surface area contributed by atoms with Crippen molar-refractivity contribution in [2.24, 2.45) is 0 Å². The van der Waals surface area contributed by atoms with Gasteiger partial charge in [-0.1, -0.05) is 17.7 Å². The summed E-state index contributed by atoms with van der Waals surface area (Å²) in [6.07, 6.45) is 1.71. The Labute approximate surface area is 183 Å². The van der Waals surface area contributed by atoms with Crippen molar-refractivity contribution >= 4 is 21.6 Å². The van der Waals surface area contributed by atoms with Crippen LogP contribution >= 0.6 is 0 Å². The second-order valence-corrected chi connectivity index (χ2v) is 9.48. The van der Waals surface area contributed by atoms with Crippen LogP contribution in [0.15, 0.2) is 42.5 Å². The van der Waals surface area contributed by atoms with Crippen LogP contribution < -0.4 is 23.8 Å². The summed E-state index contributed by atoms with van der Waals surface area (Å²) in [6.45, 7) is 4.51. The maximum Gasteiger partial charge on any atom is 0.232 e. The highest BCUT2D eigenvalue weighted by Crippen LogP contribution is 2.36. The number of nitrogens with one attached hydrogen (secondary N) is 1. The quantitative estimate of drug-likeness (QED) is 0.601. The van der Waals surface area contributed by atoms with Crippen LogP contribution in [-0.2, 0) is 14.8 Å². The van der Waals surface area contributed by atoms with Gasteiger partial charge >= 0.3 is 0 Å². The number of hydrogen-bond donors (Lipinski definition) is 1. The highest BCUT2D eigenvalue weighted by molar-refractivity contribution is 7.92. The zero-order chi connectivity index (χ0) is 22.4. The molecule has 1 unspecified atom stereocenters. The van der Waals surface area contributed by atoms with Gasteiger partial charge in [-0.2, -0.15) is 0 Å². The molecule has 1 amide bonds. The lowest BCUT2D eigenvalue weighted by atomic mass is 10.2. The summed E-state index contributed by atoms with van der Waals surface area (Å²) in [5.41, 5.74) is 1.63. The van der Waals surface area contributed by atoms with Gasteiger partial charge in [-0.25, -0.2) is 8.42 Å². The predicted octanol–water partition coefficient (Wildman–Crippen LogP) is 2.85. The number of amides is 1. The molecule has 2 aromatic rings. The van der Waals surface area contributed by atoms with E-state index in [1.807, 2.05) is 38.1 Å². The predicted molar refractivity (Wildman–Crippen MR) is 118 cm³/mol. The molecule has 0 radical (unpaired) electrons. The fraction of sp³-hybridized carbons (Fsp3) is 0.409. The van der Waals surface area contributed by atoms with Crippen LogP contribution in [0.1, 0.15) is 25.3 Å². The fourth-order valence-electron chi connectivity index (χ4n) is 3.15. The number of ether oxygens (including phenoxy) is 3. The number of benzene rings is 2. The molecule has 1 aliphatic rings. The average Bonchev–Trinajstić information content (AvgIpc) is 3.17. The summed E-state index contributed by atoms with van der Waals surface area (Å²) < 4.78 is 42.1. The minimum atomic E-state index is -3.51. The molecule has 0 fully saturated rings. The summed E-state index contributed by atoms with van der Waals surface area (Å²) in [5.74, 6) is 1.68. The Kier molecular flexibility index (Phi) is 7.27. The third-order valence-corrected chi connectivity index (χ3v) is 5.93. The maximum atomic E-state index is 12.3. The second-order valence-electron chi connectivity index (χ2n) is 7.57. The molecule has 31 heavy (non-hydrogen) atoms. The van der Waals surface area contributed by atoms with Crippen LogP contribution in [0.5, 0.6) is 17.2 Å². The minimum Gasteiger partial charge on any atom is -0.491 e. The Morgan fingerprint density at radius 1 is 1.16 bits per heavy atom. The molecule has 0 bridgehead atoms. The van der Waals surface area contributed by atoms with Gasteiger partial charge in [0.2, 0.25) is 22.7 Å². The summed E-state index contributed by atoms with van der Waals surface area (Å²) in [4.78, 5) is 12.3. The maximum absolute atomic E-state index is 12.3. The van der Waals surface area contributed by atoms with Crippen molar-refractivity contribution in [3.05, 3.63) is 48.0 Å². The Morgan fingerprint density at radius 2 is 1.87 bits per heavy atom. The first-order valence-electron chi connectivity index (χ1n) is 10.1. The van der Waals surface area contributed by atoms with Gasteiger partial charge in [-0.3, -0.25) is 9.10 Å². The Hall–Kier alpha value is -2.94. The minimum absolute atomic E-state index is 0.115. The third kappa shape index (κ3) is 6.52. The van der Waals surface area contributed by atoms with Crippen LogP contribution in [0.2, 0.25) is 0 Å². The Morgan fingerprint density at radius 3 is 2.58 bits per heavy atom. The van der Waals surface area contributed by atoms with Crippen LogP contribution in [0.4, 0.5) is 5.69 Å². The van der Waals surface area contributed by atoms with E-state index in [0.29, 0.717) is 30.2 Å². The number of aryl methyl sites for hydroxylation is 1. The molecule has 8 nitrogen and oxygen atoms in total. The van der Waals surface area contributed by atoms with Crippen LogP contribution in [0.25, 0.3) is 0 Å². The first kappa shape index (κ1) is 22.7. The zero-order valence-corrected chi connectivity index (χ0v) is 18.8. The highest BCUT2D eigenvalue weighted by atomic mass is 32.2. The average molecular weight is 449 g/mol. The van der Waals surface area contributed by atoms with Gasteiger partial charge in [0.15, 0.2) is 11.5 Å². The third-order valence-electron chi connectivity index (χ3n) is 4.74. The zero-order valence-electron chi connectivity index (χ0n) is 18.0. The topological polar surface area (TPSA) is 94.2 Å². The van der Waals surface area contributed by atoms with E-state index in [9.17, 15) is 13.2 Å². The summed E-state index contributed by atoms with van der Waals surface area (Å²) in [5, 5.41) is 2.88. The van der Waals surface area contributed by atoms with E-state index in [1.54, 1.807) is 18.2 Å². The van der Waals surface area contributed by atoms with E-state index in [-0.39, 0.29) is 31.7 Å². The number of sulfonamides is 1. The number of rotatable bonds is 10. The largest absolute Gasteiger partial charge is 0.491 e. The van der Waals surface area contributed by atoms with Gasteiger partial charge in [0.25, 0.3) is 0 Å². The molecule has 2 aromatic carbocycles. The molecule has 1 heterocycles. The SMILES string of the molecule is Cc1ccc(OCC(C)NC(=O)CCCN(c2ccc3c(c2)OCO3)S(C)(=O)=O)cc1. The Balaban J connectivity index is 1.47. The molecule has 9 heteroatoms. The molecule has 1 N–H and O–H groups in total. The van der Waals surface area contributed by atoms with E-state index in [2.05, 4.69) is 5.32 Å². The van der Waals surface area contributed by atoms with E-state index >= 15 is 0 Å². The molecule has 168 valence electrons. The first-order chi connectivity index (χ1) is 14.7. The van der Waals surface area contributed by atoms with Gasteiger partial charge in [0.1, 0.15) is 12.4 Å². The monoisotopic (exact) mass is 448 g/mol. The number of hydrogen-bond acceptors (Lipinski definition) is 6. The summed E-state index contributed by atoms with van der Waals surface area (Å²) >= 11 is 0. The number of carbonyl (C=O) groups excluding carboxylic acids is 1. The Bertz CT molecular complexity index is 1010. The van der Waals surface area contributed by atoms with Crippen molar-refractivity contribution < 1.29 is 27.4 Å². The van der Waals surface area contributed by atoms with E-state index in [1.165, 1.54) is 4.31 Å².